The fourth-order valence-corrected chi connectivity index (χ4v) is 6.27. The van der Waals surface area contributed by atoms with E-state index in [9.17, 15) is 14.4 Å². The lowest BCUT2D eigenvalue weighted by Crippen LogP contribution is -2.55. The number of aromatic nitrogens is 4. The minimum absolute atomic E-state index is 0.0140. The van der Waals surface area contributed by atoms with Crippen molar-refractivity contribution in [1.29, 1.82) is 5.26 Å². The molecular formula is C31H38FN9O2. The van der Waals surface area contributed by atoms with E-state index >= 15 is 0 Å². The van der Waals surface area contributed by atoms with Crippen LogP contribution in [0.2, 0.25) is 0 Å². The van der Waals surface area contributed by atoms with E-state index in [0.717, 1.165) is 33.4 Å². The third-order valence-corrected chi connectivity index (χ3v) is 8.70. The van der Waals surface area contributed by atoms with Crippen molar-refractivity contribution in [2.24, 2.45) is 5.41 Å². The van der Waals surface area contributed by atoms with Gasteiger partial charge in [0.1, 0.15) is 5.82 Å². The number of amides is 1. The normalized spacial score (nSPS) is 22.0. The average Bonchev–Trinajstić information content (AvgIpc) is 3.65. The Labute approximate surface area is 259 Å². The van der Waals surface area contributed by atoms with Gasteiger partial charge in [0.05, 0.1) is 54.8 Å². The monoisotopic (exact) mass is 593 g/mol. The molecule has 2 aliphatic heterocycles. The van der Waals surface area contributed by atoms with E-state index in [1.807, 2.05) is 24.0 Å². The van der Waals surface area contributed by atoms with Gasteiger partial charge in [-0.1, -0.05) is 12.6 Å². The fourth-order valence-electron chi connectivity index (χ4n) is 6.27. The second-order valence-electron chi connectivity index (χ2n) is 11.7. The lowest BCUT2D eigenvalue weighted by Gasteiger charge is -2.42. The molecule has 0 bridgehead atoms. The van der Waals surface area contributed by atoms with Gasteiger partial charge in [-0.25, -0.2) is 4.39 Å². The zero-order chi connectivity index (χ0) is 35.3. The van der Waals surface area contributed by atoms with Gasteiger partial charge in [0.15, 0.2) is 5.83 Å². The summed E-state index contributed by atoms with van der Waals surface area (Å²) in [7, 11) is 0. The maximum absolute atomic E-state index is 13.9. The molecule has 1 N–H and O–H groups in total. The van der Waals surface area contributed by atoms with Crippen molar-refractivity contribution in [3.63, 3.8) is 0 Å². The van der Waals surface area contributed by atoms with Crippen LogP contribution in [0.1, 0.15) is 44.3 Å². The fraction of sp³-hybridized carbons (Fsp3) is 0.516. The van der Waals surface area contributed by atoms with Crippen LogP contribution in [0.25, 0.3) is 10.9 Å². The highest BCUT2D eigenvalue weighted by molar-refractivity contribution is 5.93. The Morgan fingerprint density at radius 3 is 2.88 bits per heavy atom. The number of nitrogens with zero attached hydrogens (tertiary/aromatic N) is 8. The van der Waals surface area contributed by atoms with Crippen molar-refractivity contribution in [1.82, 2.24) is 30.0 Å². The summed E-state index contributed by atoms with van der Waals surface area (Å²) in [6, 6.07) is 5.57. The van der Waals surface area contributed by atoms with Crippen molar-refractivity contribution >= 4 is 28.3 Å². The van der Waals surface area contributed by atoms with E-state index in [2.05, 4.69) is 27.7 Å². The predicted octanol–water partition coefficient (Wildman–Crippen LogP) is 3.36. The molecule has 1 saturated heterocycles. The van der Waals surface area contributed by atoms with E-state index < -0.39 is 37.1 Å². The highest BCUT2D eigenvalue weighted by atomic mass is 19.1. The number of nitrogens with one attached hydrogen (secondary N) is 1. The van der Waals surface area contributed by atoms with Crippen LogP contribution in [0.15, 0.2) is 30.7 Å². The first-order valence-electron chi connectivity index (χ1n) is 17.4. The molecule has 0 spiro atoms. The predicted molar refractivity (Wildman–Crippen MR) is 162 cm³/mol. The van der Waals surface area contributed by atoms with Gasteiger partial charge in [-0.05, 0) is 51.8 Å². The standard InChI is InChI=1S/C31H38FN9O2/c1-20-5-6-25-24(15-34-37-25)27(20)39-12-8-23-26(17-39)35-30(43-19-31(9-10-31)18-38(3)4)36-28(23)40-13-14-41(29(42)21(2)32)22(16-40)7-11-33/h5-6,15,22H,2,7-10,12-14,16-19H2,1,3-4H3,(H,34,37)/t22-/m0/s1/i3D3,4D3. The van der Waals surface area contributed by atoms with Crippen molar-refractivity contribution in [3.8, 4) is 12.1 Å². The minimum Gasteiger partial charge on any atom is -0.463 e. The molecule has 4 heterocycles. The smallest absolute Gasteiger partial charge is 0.318 e. The molecular weight excluding hydrogens is 549 g/mol. The number of halogens is 1. The molecule has 1 saturated carbocycles. The summed E-state index contributed by atoms with van der Waals surface area (Å²) in [4.78, 5) is 28.3. The first-order chi connectivity index (χ1) is 23.1. The van der Waals surface area contributed by atoms with E-state index in [1.54, 1.807) is 6.20 Å². The Bertz CT molecular complexity index is 1790. The Balaban J connectivity index is 1.32. The molecule has 1 aromatic carbocycles. The van der Waals surface area contributed by atoms with Crippen molar-refractivity contribution < 1.29 is 22.1 Å². The number of fused-ring (bicyclic) bond motifs is 2. The first-order valence-corrected chi connectivity index (χ1v) is 14.4. The van der Waals surface area contributed by atoms with Gasteiger partial charge < -0.3 is 24.3 Å². The van der Waals surface area contributed by atoms with Crippen molar-refractivity contribution in [3.05, 3.63) is 47.6 Å². The molecule has 0 unspecified atom stereocenters. The Hall–Kier alpha value is -4.24. The third-order valence-electron chi connectivity index (χ3n) is 8.70. The second kappa shape index (κ2) is 11.4. The molecule has 12 heteroatoms. The number of rotatable bonds is 9. The van der Waals surface area contributed by atoms with Crippen LogP contribution >= 0.6 is 0 Å². The number of aryl methyl sites for hydroxylation is 1. The summed E-state index contributed by atoms with van der Waals surface area (Å²) in [6.07, 6.45) is 3.53. The first kappa shape index (κ1) is 22.3. The molecule has 11 nitrogen and oxygen atoms in total. The molecule has 43 heavy (non-hydrogen) atoms. The zero-order valence-electron chi connectivity index (χ0n) is 30.1. The lowest BCUT2D eigenvalue weighted by molar-refractivity contribution is -0.131. The molecule has 1 aliphatic carbocycles. The molecule has 2 fully saturated rings. The number of hydrogen-bond acceptors (Lipinski definition) is 9. The van der Waals surface area contributed by atoms with Crippen LogP contribution in [0.5, 0.6) is 6.01 Å². The van der Waals surface area contributed by atoms with E-state index in [1.165, 1.54) is 4.90 Å². The lowest BCUT2D eigenvalue weighted by atomic mass is 10.0. The quantitative estimate of drug-likeness (QED) is 0.373. The Morgan fingerprint density at radius 1 is 1.30 bits per heavy atom. The second-order valence-corrected chi connectivity index (χ2v) is 11.7. The van der Waals surface area contributed by atoms with Gasteiger partial charge >= 0.3 is 6.01 Å². The summed E-state index contributed by atoms with van der Waals surface area (Å²) in [6.45, 7) is 1.14. The SMILES string of the molecule is [2H]C([2H])([2H])N(CC1(COc2nc3c(c(N4CCN(C(=O)C(=C)F)[C@@H](CC#N)C4)n2)CCN(c2c(C)ccc4[nH]ncc24)C3)CC1)C([2H])([2H])[2H]. The summed E-state index contributed by atoms with van der Waals surface area (Å²) in [5, 5.41) is 17.8. The summed E-state index contributed by atoms with van der Waals surface area (Å²) in [5.74, 6) is -1.34. The van der Waals surface area contributed by atoms with Crippen molar-refractivity contribution in [2.75, 3.05) is 63.1 Å². The van der Waals surface area contributed by atoms with Gasteiger partial charge in [-0.3, -0.25) is 9.89 Å². The molecule has 3 aromatic rings. The zero-order valence-corrected chi connectivity index (χ0v) is 24.1. The Kier molecular flexibility index (Phi) is 5.94. The molecule has 3 aliphatic rings. The maximum atomic E-state index is 13.9. The van der Waals surface area contributed by atoms with E-state index in [-0.39, 0.29) is 38.7 Å². The number of carbonyl (C=O) groups excluding carboxylic acids is 1. The highest BCUT2D eigenvalue weighted by Crippen LogP contribution is 2.46. The number of H-pyrrole nitrogens is 1. The number of anilines is 2. The van der Waals surface area contributed by atoms with E-state index in [0.29, 0.717) is 49.6 Å². The number of hydrogen-bond donors (Lipinski definition) is 1. The van der Waals surface area contributed by atoms with Crippen LogP contribution in [-0.4, -0.2) is 95.2 Å². The van der Waals surface area contributed by atoms with Crippen LogP contribution in [0, 0.1) is 23.7 Å². The number of piperazine rings is 1. The van der Waals surface area contributed by atoms with Gasteiger partial charge in [-0.2, -0.15) is 20.3 Å². The number of carbonyl (C=O) groups is 1. The third kappa shape index (κ3) is 5.73. The minimum atomic E-state index is -2.81. The molecule has 1 amide bonds. The van der Waals surface area contributed by atoms with E-state index in [4.69, 9.17) is 22.9 Å². The molecule has 6 rings (SSSR count). The molecule has 2 aromatic heterocycles. The molecule has 0 radical (unpaired) electrons. The van der Waals surface area contributed by atoms with Gasteiger partial charge in [0.25, 0.3) is 5.91 Å². The number of aromatic amines is 1. The summed E-state index contributed by atoms with van der Waals surface area (Å²) in [5.41, 5.74) is 3.92. The average molecular weight is 594 g/mol. The van der Waals surface area contributed by atoms with Crippen LogP contribution < -0.4 is 14.5 Å². The van der Waals surface area contributed by atoms with Crippen LogP contribution in [-0.2, 0) is 17.8 Å². The molecule has 226 valence electrons. The van der Waals surface area contributed by atoms with Gasteiger partial charge in [-0.15, -0.1) is 0 Å². The number of nitriles is 1. The maximum Gasteiger partial charge on any atom is 0.318 e. The van der Waals surface area contributed by atoms with Crippen molar-refractivity contribution in [2.45, 2.75) is 45.2 Å². The summed E-state index contributed by atoms with van der Waals surface area (Å²) < 4.78 is 66.8. The number of benzene rings is 1. The van der Waals surface area contributed by atoms with Gasteiger partial charge in [0, 0.05) is 57.3 Å². The molecule has 1 atom stereocenters. The van der Waals surface area contributed by atoms with Crippen LogP contribution in [0.4, 0.5) is 15.9 Å². The topological polar surface area (TPSA) is 118 Å². The van der Waals surface area contributed by atoms with Gasteiger partial charge in [0.2, 0.25) is 0 Å². The number of ether oxygens (including phenoxy) is 1. The largest absolute Gasteiger partial charge is 0.463 e. The van der Waals surface area contributed by atoms with Crippen LogP contribution in [0.3, 0.4) is 0 Å². The summed E-state index contributed by atoms with van der Waals surface area (Å²) >= 11 is 0. The Morgan fingerprint density at radius 2 is 2.14 bits per heavy atom. The highest BCUT2D eigenvalue weighted by Gasteiger charge is 2.44.